The summed E-state index contributed by atoms with van der Waals surface area (Å²) in [6, 6.07) is 8.41. The minimum atomic E-state index is -0.883. The van der Waals surface area contributed by atoms with Crippen LogP contribution < -0.4 is 18.9 Å². The summed E-state index contributed by atoms with van der Waals surface area (Å²) in [5.41, 5.74) is -0.312. The monoisotopic (exact) mass is 626 g/mol. The van der Waals surface area contributed by atoms with E-state index in [2.05, 4.69) is 0 Å². The van der Waals surface area contributed by atoms with Crippen LogP contribution in [-0.4, -0.2) is 44.7 Å². The molecule has 1 aliphatic heterocycles. The molecular formula is C35H46O10. The Balaban J connectivity index is 2.00. The third-order valence-corrected chi connectivity index (χ3v) is 7.08. The first-order valence-electron chi connectivity index (χ1n) is 15.0. The fourth-order valence-corrected chi connectivity index (χ4v) is 4.36. The lowest BCUT2D eigenvalue weighted by Crippen LogP contribution is -2.28. The van der Waals surface area contributed by atoms with Gasteiger partial charge in [-0.3, -0.25) is 19.2 Å². The Hall–Kier alpha value is -4.08. The number of carbonyl (C=O) groups is 4. The summed E-state index contributed by atoms with van der Waals surface area (Å²) >= 11 is 0. The lowest BCUT2D eigenvalue weighted by Gasteiger charge is -2.22. The average molecular weight is 627 g/mol. The first-order chi connectivity index (χ1) is 20.8. The van der Waals surface area contributed by atoms with E-state index in [1.165, 1.54) is 20.3 Å². The van der Waals surface area contributed by atoms with Gasteiger partial charge in [0.15, 0.2) is 23.0 Å². The third kappa shape index (κ3) is 8.55. The molecule has 0 aliphatic carbocycles. The second-order valence-electron chi connectivity index (χ2n) is 14.2. The molecule has 0 fully saturated rings. The van der Waals surface area contributed by atoms with Crippen molar-refractivity contribution in [1.29, 1.82) is 0 Å². The first kappa shape index (κ1) is 35.4. The van der Waals surface area contributed by atoms with Gasteiger partial charge in [0.1, 0.15) is 12.0 Å². The van der Waals surface area contributed by atoms with Crippen LogP contribution in [0.1, 0.15) is 97.4 Å². The van der Waals surface area contributed by atoms with Gasteiger partial charge in [0, 0.05) is 5.56 Å². The zero-order valence-corrected chi connectivity index (χ0v) is 28.2. The van der Waals surface area contributed by atoms with Crippen molar-refractivity contribution in [3.63, 3.8) is 0 Å². The Morgan fingerprint density at radius 3 is 1.84 bits per heavy atom. The molecule has 0 bridgehead atoms. The number of esters is 4. The van der Waals surface area contributed by atoms with E-state index >= 15 is 0 Å². The average Bonchev–Trinajstić information content (AvgIpc) is 3.33. The fraction of sp³-hybridized carbons (Fsp3) is 0.543. The molecule has 0 saturated carbocycles. The topological polar surface area (TPSA) is 124 Å². The van der Waals surface area contributed by atoms with E-state index in [1.54, 1.807) is 74.4 Å². The predicted octanol–water partition coefficient (Wildman–Crippen LogP) is 6.51. The van der Waals surface area contributed by atoms with Crippen LogP contribution in [0.15, 0.2) is 30.3 Å². The Labute approximate surface area is 265 Å². The highest BCUT2D eigenvalue weighted by Crippen LogP contribution is 2.52. The molecule has 0 spiro atoms. The minimum absolute atomic E-state index is 0.0191. The van der Waals surface area contributed by atoms with Gasteiger partial charge in [-0.1, -0.05) is 12.1 Å². The van der Waals surface area contributed by atoms with Crippen LogP contribution in [0.4, 0.5) is 0 Å². The number of benzene rings is 2. The molecule has 2 aromatic rings. The van der Waals surface area contributed by atoms with E-state index in [0.717, 1.165) is 5.56 Å². The Morgan fingerprint density at radius 2 is 1.31 bits per heavy atom. The summed E-state index contributed by atoms with van der Waals surface area (Å²) in [5.74, 6) is -1.84. The van der Waals surface area contributed by atoms with Crippen molar-refractivity contribution in [1.82, 2.24) is 0 Å². The van der Waals surface area contributed by atoms with Crippen molar-refractivity contribution in [2.24, 2.45) is 16.2 Å². The highest BCUT2D eigenvalue weighted by Gasteiger charge is 2.44. The first-order valence-corrected chi connectivity index (χ1v) is 15.0. The fourth-order valence-electron chi connectivity index (χ4n) is 4.36. The van der Waals surface area contributed by atoms with E-state index in [0.29, 0.717) is 35.5 Å². The molecule has 3 rings (SSSR count). The van der Waals surface area contributed by atoms with Crippen LogP contribution in [0.3, 0.4) is 0 Å². The largest absolute Gasteiger partial charge is 0.493 e. The van der Waals surface area contributed by atoms with Crippen LogP contribution in [0.25, 0.3) is 0 Å². The quantitative estimate of drug-likeness (QED) is 0.173. The number of carbonyl (C=O) groups excluding carboxylic acids is 4. The Bertz CT molecular complexity index is 1440. The van der Waals surface area contributed by atoms with Gasteiger partial charge in [-0.25, -0.2) is 0 Å². The molecule has 10 nitrogen and oxygen atoms in total. The molecule has 2 aromatic carbocycles. The number of fused-ring (bicyclic) bond motifs is 1. The van der Waals surface area contributed by atoms with Crippen LogP contribution in [0.2, 0.25) is 0 Å². The zero-order chi connectivity index (χ0) is 33.9. The molecule has 0 amide bonds. The highest BCUT2D eigenvalue weighted by molar-refractivity contribution is 5.83. The second-order valence-corrected chi connectivity index (χ2v) is 14.2. The molecule has 45 heavy (non-hydrogen) atoms. The number of methoxy groups -OCH3 is 2. The van der Waals surface area contributed by atoms with Gasteiger partial charge in [-0.2, -0.15) is 0 Å². The molecule has 10 heteroatoms. The van der Waals surface area contributed by atoms with Crippen molar-refractivity contribution in [3.8, 4) is 23.0 Å². The molecule has 2 atom stereocenters. The Kier molecular flexibility index (Phi) is 10.6. The van der Waals surface area contributed by atoms with E-state index in [4.69, 9.17) is 28.4 Å². The molecule has 0 aromatic heterocycles. The molecule has 1 heterocycles. The summed E-state index contributed by atoms with van der Waals surface area (Å²) in [7, 11) is 2.81. The summed E-state index contributed by atoms with van der Waals surface area (Å²) in [4.78, 5) is 51.0. The summed E-state index contributed by atoms with van der Waals surface area (Å²) in [6.45, 7) is 15.9. The van der Waals surface area contributed by atoms with Crippen LogP contribution in [0, 0.1) is 16.2 Å². The Morgan fingerprint density at radius 1 is 0.733 bits per heavy atom. The number of rotatable bonds is 9. The number of hydrogen-bond acceptors (Lipinski definition) is 10. The minimum Gasteiger partial charge on any atom is -0.493 e. The summed E-state index contributed by atoms with van der Waals surface area (Å²) in [5, 5.41) is 0. The molecule has 0 N–H and O–H groups in total. The molecule has 246 valence electrons. The number of hydrogen-bond donors (Lipinski definition) is 0. The van der Waals surface area contributed by atoms with Crippen molar-refractivity contribution in [2.75, 3.05) is 20.8 Å². The summed E-state index contributed by atoms with van der Waals surface area (Å²) < 4.78 is 34.0. The van der Waals surface area contributed by atoms with Gasteiger partial charge < -0.3 is 28.4 Å². The zero-order valence-electron chi connectivity index (χ0n) is 28.2. The molecule has 1 aliphatic rings. The molecular weight excluding hydrogens is 580 g/mol. The normalized spacial score (nSPS) is 16.2. The van der Waals surface area contributed by atoms with E-state index in [1.807, 2.05) is 12.1 Å². The molecule has 0 saturated heterocycles. The van der Waals surface area contributed by atoms with Gasteiger partial charge in [-0.15, -0.1) is 0 Å². The van der Waals surface area contributed by atoms with E-state index < -0.39 is 46.2 Å². The van der Waals surface area contributed by atoms with Crippen molar-refractivity contribution in [3.05, 3.63) is 47.0 Å². The van der Waals surface area contributed by atoms with Gasteiger partial charge in [0.05, 0.1) is 37.1 Å². The van der Waals surface area contributed by atoms with Crippen molar-refractivity contribution in [2.45, 2.75) is 87.2 Å². The standard InChI is InChI=1S/C35H46O10/c1-33(2,3)30(37)42-16-12-13-20-17-22-26(29(36)41-11)27(45-28(22)25(18-20)40-10)21-14-15-23(43-31(38)34(4,5)6)24(19-21)44-32(39)35(7,8)9/h14-15,17-19,26-27H,12-13,16H2,1-11H3/t26-,27-/m0/s1. The highest BCUT2D eigenvalue weighted by atomic mass is 16.6. The SMILES string of the molecule is COC(=O)[C@H]1c2cc(CCCOC(=O)C(C)(C)C)cc(OC)c2O[C@H]1c1ccc(OC(=O)C(C)(C)C)c(OC(=O)C(C)(C)C)c1. The lowest BCUT2D eigenvalue weighted by atomic mass is 9.89. The van der Waals surface area contributed by atoms with Gasteiger partial charge >= 0.3 is 23.9 Å². The third-order valence-electron chi connectivity index (χ3n) is 7.08. The smallest absolute Gasteiger partial charge is 0.317 e. The maximum absolute atomic E-state index is 13.3. The summed E-state index contributed by atoms with van der Waals surface area (Å²) in [6.07, 6.45) is 0.248. The molecule has 0 unspecified atom stereocenters. The van der Waals surface area contributed by atoms with Crippen LogP contribution >= 0.6 is 0 Å². The van der Waals surface area contributed by atoms with Gasteiger partial charge in [-0.05, 0) is 104 Å². The van der Waals surface area contributed by atoms with Gasteiger partial charge in [0.25, 0.3) is 0 Å². The molecule has 0 radical (unpaired) electrons. The van der Waals surface area contributed by atoms with Crippen LogP contribution in [0.5, 0.6) is 23.0 Å². The number of ether oxygens (including phenoxy) is 6. The van der Waals surface area contributed by atoms with Crippen molar-refractivity contribution >= 4 is 23.9 Å². The van der Waals surface area contributed by atoms with Gasteiger partial charge in [0.2, 0.25) is 0 Å². The second kappa shape index (κ2) is 13.5. The number of aryl methyl sites for hydroxylation is 1. The lowest BCUT2D eigenvalue weighted by molar-refractivity contribution is -0.153. The predicted molar refractivity (Wildman–Crippen MR) is 166 cm³/mol. The van der Waals surface area contributed by atoms with E-state index in [9.17, 15) is 19.2 Å². The van der Waals surface area contributed by atoms with Crippen molar-refractivity contribution < 1.29 is 47.6 Å². The maximum Gasteiger partial charge on any atom is 0.317 e. The van der Waals surface area contributed by atoms with E-state index in [-0.39, 0.29) is 24.1 Å². The maximum atomic E-state index is 13.3. The van der Waals surface area contributed by atoms with Crippen LogP contribution in [-0.2, 0) is 35.1 Å².